The first-order valence-corrected chi connectivity index (χ1v) is 7.52. The molecule has 0 aliphatic rings. The van der Waals surface area contributed by atoms with E-state index < -0.39 is 0 Å². The van der Waals surface area contributed by atoms with Gasteiger partial charge >= 0.3 is 0 Å². The molecule has 3 rings (SSSR count). The van der Waals surface area contributed by atoms with Crippen molar-refractivity contribution < 1.29 is 0 Å². The Labute approximate surface area is 139 Å². The number of nitrogens with one attached hydrogen (secondary N) is 1. The summed E-state index contributed by atoms with van der Waals surface area (Å²) in [6.07, 6.45) is 3.37. The number of benzene rings is 1. The smallest absolute Gasteiger partial charge is 0.158 e. The predicted octanol–water partition coefficient (Wildman–Crippen LogP) is 2.95. The molecule has 3 aromatic rings. The zero-order chi connectivity index (χ0) is 16.9. The van der Waals surface area contributed by atoms with E-state index in [1.165, 1.54) is 6.33 Å². The molecule has 1 aromatic carbocycles. The molecule has 8 nitrogen and oxygen atoms in total. The maximum Gasteiger partial charge on any atom is 0.158 e. The summed E-state index contributed by atoms with van der Waals surface area (Å²) in [5, 5.41) is 19.0. The molecule has 24 heavy (non-hydrogen) atoms. The summed E-state index contributed by atoms with van der Waals surface area (Å²) < 4.78 is 1.75. The quantitative estimate of drug-likeness (QED) is 0.326. The van der Waals surface area contributed by atoms with E-state index >= 15 is 0 Å². The summed E-state index contributed by atoms with van der Waals surface area (Å²) in [5.74, 6) is 1.01. The summed E-state index contributed by atoms with van der Waals surface area (Å²) in [4.78, 5) is 4.28. The van der Waals surface area contributed by atoms with Crippen LogP contribution >= 0.6 is 0 Å². The Morgan fingerprint density at radius 3 is 2.96 bits per heavy atom. The highest BCUT2D eigenvalue weighted by atomic mass is 15.4. The molecule has 0 spiro atoms. The van der Waals surface area contributed by atoms with Gasteiger partial charge < -0.3 is 11.1 Å². The minimum absolute atomic E-state index is 0.0803. The minimum Gasteiger partial charge on any atom is -0.382 e. The van der Waals surface area contributed by atoms with Crippen molar-refractivity contribution in [2.45, 2.75) is 19.9 Å². The number of aromatic nitrogens is 3. The van der Waals surface area contributed by atoms with Crippen LogP contribution in [0.25, 0.3) is 5.52 Å². The number of nitrogens with zero attached hydrogens (tertiary/aromatic N) is 6. The molecule has 0 amide bonds. The zero-order valence-electron chi connectivity index (χ0n) is 13.5. The largest absolute Gasteiger partial charge is 0.382 e. The van der Waals surface area contributed by atoms with Crippen molar-refractivity contribution in [2.24, 2.45) is 21.2 Å². The van der Waals surface area contributed by atoms with E-state index in [0.29, 0.717) is 11.7 Å². The van der Waals surface area contributed by atoms with Gasteiger partial charge in [-0.3, -0.25) is 0 Å². The average Bonchev–Trinajstić information content (AvgIpc) is 3.04. The maximum atomic E-state index is 5.96. The van der Waals surface area contributed by atoms with Crippen LogP contribution in [0.3, 0.4) is 0 Å². The normalized spacial score (nSPS) is 12.4. The molecule has 0 radical (unpaired) electrons. The van der Waals surface area contributed by atoms with Crippen LogP contribution in [0.15, 0.2) is 64.4 Å². The highest BCUT2D eigenvalue weighted by Gasteiger charge is 2.05. The Bertz CT molecular complexity index is 894. The molecular weight excluding hydrogens is 304 g/mol. The number of amidine groups is 1. The molecule has 2 heterocycles. The van der Waals surface area contributed by atoms with E-state index in [9.17, 15) is 0 Å². The van der Waals surface area contributed by atoms with Gasteiger partial charge in [0.2, 0.25) is 0 Å². The number of nitrogens with two attached hydrogens (primary N) is 1. The van der Waals surface area contributed by atoms with Crippen LogP contribution < -0.4 is 11.1 Å². The number of fused-ring (bicyclic) bond motifs is 1. The fraction of sp³-hybridized carbons (Fsp3) is 0.188. The Morgan fingerprint density at radius 2 is 2.12 bits per heavy atom. The molecule has 0 fully saturated rings. The molecule has 0 aliphatic carbocycles. The Hall–Kier alpha value is -3.29. The standard InChI is InChI=1S/C16H18N8/c1-11(2)21-23-22-15(17)12-5-3-6-13(9-12)20-16-14-7-4-8-24(14)19-10-18-16/h3-11H,1-2H3,(H2,17,21,22)(H,18,19,20). The summed E-state index contributed by atoms with van der Waals surface area (Å²) in [7, 11) is 0. The van der Waals surface area contributed by atoms with Gasteiger partial charge in [0.25, 0.3) is 0 Å². The second kappa shape index (κ2) is 6.86. The van der Waals surface area contributed by atoms with Crippen molar-refractivity contribution in [3.8, 4) is 0 Å². The number of anilines is 2. The van der Waals surface area contributed by atoms with Crippen LogP contribution in [0.4, 0.5) is 11.5 Å². The zero-order valence-corrected chi connectivity index (χ0v) is 13.5. The lowest BCUT2D eigenvalue weighted by atomic mass is 10.2. The van der Waals surface area contributed by atoms with Crippen LogP contribution in [-0.2, 0) is 0 Å². The highest BCUT2D eigenvalue weighted by Crippen LogP contribution is 2.20. The van der Waals surface area contributed by atoms with Gasteiger partial charge in [0.05, 0.1) is 6.04 Å². The molecule has 0 atom stereocenters. The summed E-state index contributed by atoms with van der Waals surface area (Å²) >= 11 is 0. The van der Waals surface area contributed by atoms with Gasteiger partial charge in [0.1, 0.15) is 11.8 Å². The van der Waals surface area contributed by atoms with Crippen LogP contribution in [0.1, 0.15) is 19.4 Å². The maximum absolute atomic E-state index is 5.96. The topological polar surface area (TPSA) is 105 Å². The SMILES string of the molecule is CC(C)N=N/N=C(\N)c1cccc(Nc2ncnn3cccc23)c1. The first-order valence-electron chi connectivity index (χ1n) is 7.52. The monoisotopic (exact) mass is 322 g/mol. The van der Waals surface area contributed by atoms with Crippen LogP contribution in [0.2, 0.25) is 0 Å². The van der Waals surface area contributed by atoms with Crippen LogP contribution in [-0.4, -0.2) is 26.5 Å². The Morgan fingerprint density at radius 1 is 1.25 bits per heavy atom. The summed E-state index contributed by atoms with van der Waals surface area (Å²) in [6, 6.07) is 11.5. The van der Waals surface area contributed by atoms with Gasteiger partial charge in [-0.2, -0.15) is 10.2 Å². The molecule has 0 bridgehead atoms. The fourth-order valence-electron chi connectivity index (χ4n) is 2.09. The van der Waals surface area contributed by atoms with E-state index in [1.807, 2.05) is 56.4 Å². The molecule has 8 heteroatoms. The minimum atomic E-state index is 0.0803. The lowest BCUT2D eigenvalue weighted by Gasteiger charge is -2.08. The van der Waals surface area contributed by atoms with Gasteiger partial charge in [0, 0.05) is 17.4 Å². The molecule has 2 aromatic heterocycles. The number of hydrogen-bond donors (Lipinski definition) is 2. The van der Waals surface area contributed by atoms with Crippen LogP contribution in [0.5, 0.6) is 0 Å². The molecule has 0 unspecified atom stereocenters. The Kier molecular flexibility index (Phi) is 4.46. The van der Waals surface area contributed by atoms with Gasteiger partial charge in [-0.1, -0.05) is 12.1 Å². The van der Waals surface area contributed by atoms with Crippen molar-refractivity contribution in [3.63, 3.8) is 0 Å². The fourth-order valence-corrected chi connectivity index (χ4v) is 2.09. The van der Waals surface area contributed by atoms with Crippen molar-refractivity contribution in [1.82, 2.24) is 14.6 Å². The number of hydrogen-bond acceptors (Lipinski definition) is 5. The summed E-state index contributed by atoms with van der Waals surface area (Å²) in [6.45, 7) is 3.84. The van der Waals surface area contributed by atoms with Gasteiger partial charge in [0.15, 0.2) is 11.7 Å². The average molecular weight is 322 g/mol. The van der Waals surface area contributed by atoms with Crippen LogP contribution in [0, 0.1) is 0 Å². The third-order valence-electron chi connectivity index (χ3n) is 3.19. The lowest BCUT2D eigenvalue weighted by Crippen LogP contribution is -2.12. The van der Waals surface area contributed by atoms with E-state index in [0.717, 1.165) is 16.8 Å². The first kappa shape index (κ1) is 15.6. The third-order valence-corrected chi connectivity index (χ3v) is 3.19. The molecule has 0 saturated carbocycles. The van der Waals surface area contributed by atoms with Crippen molar-refractivity contribution >= 4 is 22.9 Å². The summed E-state index contributed by atoms with van der Waals surface area (Å²) in [5.41, 5.74) is 8.43. The first-order chi connectivity index (χ1) is 11.6. The molecule has 122 valence electrons. The van der Waals surface area contributed by atoms with E-state index in [2.05, 4.69) is 30.8 Å². The Balaban J connectivity index is 1.84. The van der Waals surface area contributed by atoms with E-state index in [4.69, 9.17) is 5.73 Å². The van der Waals surface area contributed by atoms with Gasteiger partial charge in [-0.15, -0.1) is 5.10 Å². The molecule has 3 N–H and O–H groups in total. The lowest BCUT2D eigenvalue weighted by molar-refractivity contribution is 0.750. The van der Waals surface area contributed by atoms with Crippen molar-refractivity contribution in [3.05, 3.63) is 54.5 Å². The predicted molar refractivity (Wildman–Crippen MR) is 93.4 cm³/mol. The highest BCUT2D eigenvalue weighted by molar-refractivity contribution is 5.98. The number of rotatable bonds is 5. The van der Waals surface area contributed by atoms with Gasteiger partial charge in [-0.25, -0.2) is 9.50 Å². The van der Waals surface area contributed by atoms with E-state index in [1.54, 1.807) is 4.52 Å². The molecular formula is C16H18N8. The van der Waals surface area contributed by atoms with Gasteiger partial charge in [-0.05, 0) is 43.3 Å². The third kappa shape index (κ3) is 3.54. The van der Waals surface area contributed by atoms with E-state index in [-0.39, 0.29) is 6.04 Å². The second-order valence-electron chi connectivity index (χ2n) is 5.44. The molecule has 0 aliphatic heterocycles. The van der Waals surface area contributed by atoms with Crippen molar-refractivity contribution in [1.29, 1.82) is 0 Å². The van der Waals surface area contributed by atoms with Crippen molar-refractivity contribution in [2.75, 3.05) is 5.32 Å². The molecule has 0 saturated heterocycles. The second-order valence-corrected chi connectivity index (χ2v) is 5.44.